The Balaban J connectivity index is 1.72. The van der Waals surface area contributed by atoms with E-state index in [4.69, 9.17) is 23.2 Å². The number of anilines is 1. The largest absolute Gasteiger partial charge is 0.435 e. The lowest BCUT2D eigenvalue weighted by atomic mass is 9.90. The van der Waals surface area contributed by atoms with Gasteiger partial charge in [-0.25, -0.2) is 4.98 Å². The zero-order valence-corrected chi connectivity index (χ0v) is 16.3. The number of hydrogen-bond acceptors (Lipinski definition) is 3. The summed E-state index contributed by atoms with van der Waals surface area (Å²) >= 11 is 12.8. The zero-order valence-electron chi connectivity index (χ0n) is 14.0. The fourth-order valence-corrected chi connectivity index (χ4v) is 5.47. The summed E-state index contributed by atoms with van der Waals surface area (Å²) in [6, 6.07) is 5.42. The third-order valence-corrected chi connectivity index (χ3v) is 6.44. The van der Waals surface area contributed by atoms with Crippen molar-refractivity contribution in [1.29, 1.82) is 0 Å². The van der Waals surface area contributed by atoms with Gasteiger partial charge in [-0.3, -0.25) is 4.79 Å². The number of carbonyl (C=O) groups is 1. The minimum Gasteiger partial charge on any atom is -0.321 e. The Morgan fingerprint density at radius 2 is 1.96 bits per heavy atom. The fraction of sp³-hybridized carbons (Fsp3) is 0.333. The number of fused-ring (bicyclic) bond motifs is 5. The lowest BCUT2D eigenvalue weighted by Crippen LogP contribution is -2.18. The Hall–Kier alpha value is -1.57. The number of nitrogens with zero attached hydrogens (tertiary/aromatic N) is 1. The van der Waals surface area contributed by atoms with E-state index in [0.29, 0.717) is 5.69 Å². The van der Waals surface area contributed by atoms with Gasteiger partial charge in [-0.1, -0.05) is 35.3 Å². The van der Waals surface area contributed by atoms with Crippen LogP contribution in [0.3, 0.4) is 0 Å². The minimum atomic E-state index is -4.68. The predicted molar refractivity (Wildman–Crippen MR) is 99.7 cm³/mol. The van der Waals surface area contributed by atoms with Crippen LogP contribution in [0.1, 0.15) is 56.2 Å². The van der Waals surface area contributed by atoms with Crippen LogP contribution < -0.4 is 5.32 Å². The third kappa shape index (κ3) is 3.05. The molecular weight excluding hydrogens is 420 g/mol. The Kier molecular flexibility index (Phi) is 4.52. The highest BCUT2D eigenvalue weighted by molar-refractivity contribution is 7.13. The van der Waals surface area contributed by atoms with Gasteiger partial charge in [0.15, 0.2) is 5.69 Å². The number of alkyl halides is 3. The van der Waals surface area contributed by atoms with Crippen molar-refractivity contribution in [3.8, 4) is 0 Å². The SMILES string of the molecule is Cc1nc(C(F)(F)F)c(C(=O)Nc2cccc3c2C2CCC3C2=C(Cl)Cl)s1. The molecule has 3 nitrogen and oxygen atoms in total. The molecule has 1 saturated carbocycles. The molecule has 0 radical (unpaired) electrons. The van der Waals surface area contributed by atoms with Gasteiger partial charge in [0.05, 0.1) is 5.01 Å². The predicted octanol–water partition coefficient (Wildman–Crippen LogP) is 6.39. The topological polar surface area (TPSA) is 42.0 Å². The highest BCUT2D eigenvalue weighted by atomic mass is 35.5. The normalized spacial score (nSPS) is 20.7. The van der Waals surface area contributed by atoms with Gasteiger partial charge in [-0.2, -0.15) is 13.2 Å². The van der Waals surface area contributed by atoms with Gasteiger partial charge in [0, 0.05) is 17.5 Å². The zero-order chi connectivity index (χ0) is 19.5. The smallest absolute Gasteiger partial charge is 0.321 e. The Morgan fingerprint density at radius 1 is 1.26 bits per heavy atom. The number of thiazole rings is 1. The van der Waals surface area contributed by atoms with Crippen molar-refractivity contribution < 1.29 is 18.0 Å². The second kappa shape index (κ2) is 6.50. The first-order valence-corrected chi connectivity index (χ1v) is 9.79. The summed E-state index contributed by atoms with van der Waals surface area (Å²) in [5, 5.41) is 2.84. The number of allylic oxidation sites excluding steroid dienone is 1. The first-order valence-electron chi connectivity index (χ1n) is 8.22. The molecule has 1 fully saturated rings. The molecule has 1 N–H and O–H groups in total. The van der Waals surface area contributed by atoms with E-state index in [1.54, 1.807) is 12.1 Å². The molecular formula is C18H13Cl2F3N2OS. The molecule has 1 aromatic heterocycles. The summed E-state index contributed by atoms with van der Waals surface area (Å²) in [6.07, 6.45) is -2.92. The molecule has 2 aliphatic rings. The van der Waals surface area contributed by atoms with Crippen LogP contribution in [0.2, 0.25) is 0 Å². The third-order valence-electron chi connectivity index (χ3n) is 5.03. The van der Waals surface area contributed by atoms with Crippen molar-refractivity contribution in [2.24, 2.45) is 0 Å². The molecule has 0 spiro atoms. The standard InChI is InChI=1S/C18H13Cl2F3N2OS/c1-7-24-15(18(21,22)23)14(27-7)17(26)25-11-4-2-3-8-9-5-6-10(12(8)11)13(9)16(19)20/h2-4,9-10H,5-6H2,1H3,(H,25,26). The molecule has 4 rings (SSSR count). The quantitative estimate of drug-likeness (QED) is 0.597. The first-order chi connectivity index (χ1) is 12.7. The summed E-state index contributed by atoms with van der Waals surface area (Å²) in [5.41, 5.74) is 2.19. The highest BCUT2D eigenvalue weighted by Gasteiger charge is 2.45. The second-order valence-electron chi connectivity index (χ2n) is 6.57. The average molecular weight is 433 g/mol. The number of halogens is 5. The van der Waals surface area contributed by atoms with Crippen LogP contribution in [0, 0.1) is 6.92 Å². The van der Waals surface area contributed by atoms with E-state index in [2.05, 4.69) is 10.3 Å². The molecule has 2 bridgehead atoms. The Morgan fingerprint density at radius 3 is 2.63 bits per heavy atom. The van der Waals surface area contributed by atoms with E-state index >= 15 is 0 Å². The van der Waals surface area contributed by atoms with E-state index < -0.39 is 22.7 Å². The van der Waals surface area contributed by atoms with E-state index in [1.165, 1.54) is 6.92 Å². The van der Waals surface area contributed by atoms with Gasteiger partial charge >= 0.3 is 6.18 Å². The molecule has 2 unspecified atom stereocenters. The van der Waals surface area contributed by atoms with Crippen molar-refractivity contribution in [1.82, 2.24) is 4.98 Å². The molecule has 0 saturated heterocycles. The highest BCUT2D eigenvalue weighted by Crippen LogP contribution is 2.60. The molecule has 1 amide bonds. The maximum Gasteiger partial charge on any atom is 0.435 e. The second-order valence-corrected chi connectivity index (χ2v) is 8.72. The van der Waals surface area contributed by atoms with Crippen molar-refractivity contribution >= 4 is 46.1 Å². The average Bonchev–Trinajstić information content (AvgIpc) is 3.25. The number of benzene rings is 1. The monoisotopic (exact) mass is 432 g/mol. The molecule has 27 heavy (non-hydrogen) atoms. The minimum absolute atomic E-state index is 0.0169. The molecule has 2 atom stereocenters. The van der Waals surface area contributed by atoms with Gasteiger partial charge < -0.3 is 5.32 Å². The summed E-state index contributed by atoms with van der Waals surface area (Å²) in [4.78, 5) is 15.7. The van der Waals surface area contributed by atoms with Crippen LogP contribution in [0.4, 0.5) is 18.9 Å². The summed E-state index contributed by atoms with van der Waals surface area (Å²) in [5.74, 6) is -0.730. The van der Waals surface area contributed by atoms with E-state index in [-0.39, 0.29) is 21.3 Å². The number of rotatable bonds is 2. The van der Waals surface area contributed by atoms with Crippen molar-refractivity contribution in [3.63, 3.8) is 0 Å². The maximum absolute atomic E-state index is 13.2. The number of aromatic nitrogens is 1. The van der Waals surface area contributed by atoms with Crippen LogP contribution in [0.15, 0.2) is 28.3 Å². The molecule has 2 aliphatic carbocycles. The number of carbonyl (C=O) groups excluding carboxylic acids is 1. The summed E-state index contributed by atoms with van der Waals surface area (Å²) in [6.45, 7) is 1.44. The van der Waals surface area contributed by atoms with E-state index in [0.717, 1.165) is 40.9 Å². The summed E-state index contributed by atoms with van der Waals surface area (Å²) in [7, 11) is 0. The lowest BCUT2D eigenvalue weighted by Gasteiger charge is -2.18. The van der Waals surface area contributed by atoms with Crippen molar-refractivity contribution in [2.45, 2.75) is 37.8 Å². The Bertz CT molecular complexity index is 979. The van der Waals surface area contributed by atoms with Crippen LogP contribution >= 0.6 is 34.5 Å². The molecule has 1 heterocycles. The van der Waals surface area contributed by atoms with Crippen LogP contribution in [0.25, 0.3) is 0 Å². The maximum atomic E-state index is 13.2. The number of aryl methyl sites for hydroxylation is 1. The molecule has 142 valence electrons. The van der Waals surface area contributed by atoms with Gasteiger partial charge in [0.2, 0.25) is 0 Å². The Labute approximate surface area is 167 Å². The molecule has 0 aliphatic heterocycles. The van der Waals surface area contributed by atoms with E-state index in [1.807, 2.05) is 6.07 Å². The number of amides is 1. The number of hydrogen-bond donors (Lipinski definition) is 1. The molecule has 9 heteroatoms. The molecule has 2 aromatic rings. The molecule has 1 aromatic carbocycles. The van der Waals surface area contributed by atoms with Gasteiger partial charge in [-0.15, -0.1) is 11.3 Å². The van der Waals surface area contributed by atoms with Crippen LogP contribution in [-0.2, 0) is 6.18 Å². The van der Waals surface area contributed by atoms with Crippen LogP contribution in [0.5, 0.6) is 0 Å². The van der Waals surface area contributed by atoms with Crippen molar-refractivity contribution in [2.75, 3.05) is 5.32 Å². The number of nitrogens with one attached hydrogen (secondary N) is 1. The van der Waals surface area contributed by atoms with Crippen LogP contribution in [-0.4, -0.2) is 10.9 Å². The van der Waals surface area contributed by atoms with Gasteiger partial charge in [0.25, 0.3) is 5.91 Å². The lowest BCUT2D eigenvalue weighted by molar-refractivity contribution is -0.141. The first kappa shape index (κ1) is 18.8. The summed E-state index contributed by atoms with van der Waals surface area (Å²) < 4.78 is 39.7. The van der Waals surface area contributed by atoms with Crippen molar-refractivity contribution in [3.05, 3.63) is 55.0 Å². The van der Waals surface area contributed by atoms with Gasteiger partial charge in [0.1, 0.15) is 9.37 Å². The fourth-order valence-electron chi connectivity index (χ4n) is 4.11. The van der Waals surface area contributed by atoms with E-state index in [9.17, 15) is 18.0 Å². The van der Waals surface area contributed by atoms with Gasteiger partial charge in [-0.05, 0) is 42.5 Å².